The van der Waals surface area contributed by atoms with Crippen molar-refractivity contribution in [3.63, 3.8) is 0 Å². The van der Waals surface area contributed by atoms with Crippen LogP contribution in [-0.2, 0) is 13.1 Å². The van der Waals surface area contributed by atoms with E-state index in [1.54, 1.807) is 12.3 Å². The number of anilines is 2. The summed E-state index contributed by atoms with van der Waals surface area (Å²) in [6.45, 7) is 5.56. The SMILES string of the molecule is CCn1c(N)nc2ccc(Cl)nc21.CCn1c(N)nc2cccnc21. The van der Waals surface area contributed by atoms with Crippen molar-refractivity contribution < 1.29 is 0 Å². The summed E-state index contributed by atoms with van der Waals surface area (Å²) in [5.41, 5.74) is 14.6. The van der Waals surface area contributed by atoms with Gasteiger partial charge in [0, 0.05) is 19.3 Å². The molecule has 0 aliphatic carbocycles. The Kier molecular flexibility index (Phi) is 4.71. The van der Waals surface area contributed by atoms with Crippen LogP contribution in [0.2, 0.25) is 5.15 Å². The summed E-state index contributed by atoms with van der Waals surface area (Å²) in [6, 6.07) is 7.28. The van der Waals surface area contributed by atoms with Gasteiger partial charge in [-0.25, -0.2) is 19.9 Å². The van der Waals surface area contributed by atoms with E-state index in [4.69, 9.17) is 23.1 Å². The third kappa shape index (κ3) is 3.20. The van der Waals surface area contributed by atoms with Gasteiger partial charge in [0.05, 0.1) is 0 Å². The summed E-state index contributed by atoms with van der Waals surface area (Å²) in [5, 5.41) is 0.460. The molecule has 9 heteroatoms. The lowest BCUT2D eigenvalue weighted by molar-refractivity contribution is 0.791. The van der Waals surface area contributed by atoms with Crippen LogP contribution in [0.5, 0.6) is 0 Å². The summed E-state index contributed by atoms with van der Waals surface area (Å²) in [5.74, 6) is 1.01. The van der Waals surface area contributed by atoms with Gasteiger partial charge >= 0.3 is 0 Å². The Balaban J connectivity index is 0.000000146. The van der Waals surface area contributed by atoms with E-state index in [0.29, 0.717) is 17.0 Å². The van der Waals surface area contributed by atoms with E-state index in [1.807, 2.05) is 41.2 Å². The minimum atomic E-state index is 0.460. The van der Waals surface area contributed by atoms with Gasteiger partial charge in [-0.15, -0.1) is 0 Å². The molecule has 0 bridgehead atoms. The average Bonchev–Trinajstić information content (AvgIpc) is 3.09. The van der Waals surface area contributed by atoms with E-state index in [1.165, 1.54) is 0 Å². The first-order valence-electron chi connectivity index (χ1n) is 7.90. The maximum atomic E-state index is 5.76. The molecule has 4 aromatic rings. The summed E-state index contributed by atoms with van der Waals surface area (Å²) in [6.07, 6.45) is 1.75. The monoisotopic (exact) mass is 358 g/mol. The summed E-state index contributed by atoms with van der Waals surface area (Å²) >= 11 is 5.76. The van der Waals surface area contributed by atoms with Crippen LogP contribution in [0.4, 0.5) is 11.9 Å². The van der Waals surface area contributed by atoms with Crippen LogP contribution in [0.3, 0.4) is 0 Å². The molecule has 4 heterocycles. The number of fused-ring (bicyclic) bond motifs is 2. The highest BCUT2D eigenvalue weighted by Crippen LogP contribution is 2.17. The van der Waals surface area contributed by atoms with E-state index in [9.17, 15) is 0 Å². The molecule has 0 atom stereocenters. The van der Waals surface area contributed by atoms with Crippen molar-refractivity contribution in [1.82, 2.24) is 29.1 Å². The Morgan fingerprint density at radius 1 is 0.880 bits per heavy atom. The highest BCUT2D eigenvalue weighted by molar-refractivity contribution is 6.29. The zero-order valence-electron chi connectivity index (χ0n) is 14.0. The van der Waals surface area contributed by atoms with Gasteiger partial charge in [0.2, 0.25) is 11.9 Å². The topological polar surface area (TPSA) is 113 Å². The number of rotatable bonds is 2. The van der Waals surface area contributed by atoms with Gasteiger partial charge in [0.25, 0.3) is 0 Å². The molecule has 0 saturated heterocycles. The van der Waals surface area contributed by atoms with Gasteiger partial charge in [-0.1, -0.05) is 11.6 Å². The Labute approximate surface area is 149 Å². The van der Waals surface area contributed by atoms with Crippen LogP contribution >= 0.6 is 11.6 Å². The number of pyridine rings is 2. The molecule has 0 aliphatic rings. The molecule has 4 aromatic heterocycles. The van der Waals surface area contributed by atoms with Crippen molar-refractivity contribution in [2.24, 2.45) is 0 Å². The fraction of sp³-hybridized carbons (Fsp3) is 0.250. The first-order chi connectivity index (χ1) is 12.0. The van der Waals surface area contributed by atoms with Crippen molar-refractivity contribution in [3.05, 3.63) is 35.6 Å². The molecule has 130 valence electrons. The maximum Gasteiger partial charge on any atom is 0.202 e. The van der Waals surface area contributed by atoms with Crippen molar-refractivity contribution in [3.8, 4) is 0 Å². The highest BCUT2D eigenvalue weighted by atomic mass is 35.5. The molecule has 25 heavy (non-hydrogen) atoms. The standard InChI is InChI=1S/C8H9ClN4.C8H10N4/c1-2-13-7-5(11-8(13)10)3-4-6(9)12-7;1-2-12-7-6(11-8(12)9)4-3-5-10-7/h3-4H,2H2,1H3,(H2,10,11);3-5H,2H2,1H3,(H2,9,11). The number of halogens is 1. The molecule has 4 N–H and O–H groups in total. The van der Waals surface area contributed by atoms with Gasteiger partial charge in [0.1, 0.15) is 16.2 Å². The number of nitrogens with two attached hydrogens (primary N) is 2. The number of hydrogen-bond acceptors (Lipinski definition) is 6. The normalized spacial score (nSPS) is 10.8. The van der Waals surface area contributed by atoms with E-state index in [-0.39, 0.29) is 0 Å². The second-order valence-electron chi connectivity index (χ2n) is 5.25. The minimum absolute atomic E-state index is 0.460. The Morgan fingerprint density at radius 2 is 1.48 bits per heavy atom. The Hall–Kier alpha value is -2.87. The van der Waals surface area contributed by atoms with Crippen LogP contribution in [0, 0.1) is 0 Å². The second kappa shape index (κ2) is 6.94. The van der Waals surface area contributed by atoms with Crippen molar-refractivity contribution in [1.29, 1.82) is 0 Å². The second-order valence-corrected chi connectivity index (χ2v) is 5.64. The van der Waals surface area contributed by atoms with Gasteiger partial charge in [-0.05, 0) is 38.1 Å². The molecule has 8 nitrogen and oxygen atoms in total. The van der Waals surface area contributed by atoms with Crippen LogP contribution < -0.4 is 11.5 Å². The Bertz CT molecular complexity index is 1020. The summed E-state index contributed by atoms with van der Waals surface area (Å²) < 4.78 is 3.70. The third-order valence-electron chi connectivity index (χ3n) is 3.75. The first-order valence-corrected chi connectivity index (χ1v) is 8.27. The number of imidazole rings is 2. The molecule has 0 amide bonds. The predicted molar refractivity (Wildman–Crippen MR) is 100 cm³/mol. The molecule has 4 rings (SSSR count). The number of nitrogen functional groups attached to an aromatic ring is 2. The third-order valence-corrected chi connectivity index (χ3v) is 3.96. The molecular weight excluding hydrogens is 340 g/mol. The largest absolute Gasteiger partial charge is 0.369 e. The number of nitrogens with zero attached hydrogens (tertiary/aromatic N) is 6. The van der Waals surface area contributed by atoms with Crippen LogP contribution in [0.1, 0.15) is 13.8 Å². The lowest BCUT2D eigenvalue weighted by Gasteiger charge is -1.99. The maximum absolute atomic E-state index is 5.76. The van der Waals surface area contributed by atoms with E-state index < -0.39 is 0 Å². The lowest BCUT2D eigenvalue weighted by atomic mass is 10.4. The van der Waals surface area contributed by atoms with Crippen molar-refractivity contribution >= 4 is 45.8 Å². The van der Waals surface area contributed by atoms with Gasteiger partial charge in [0.15, 0.2) is 11.3 Å². The molecule has 0 unspecified atom stereocenters. The summed E-state index contributed by atoms with van der Waals surface area (Å²) in [7, 11) is 0. The average molecular weight is 359 g/mol. The fourth-order valence-corrected chi connectivity index (χ4v) is 2.74. The van der Waals surface area contributed by atoms with Crippen molar-refractivity contribution in [2.45, 2.75) is 26.9 Å². The number of hydrogen-bond donors (Lipinski definition) is 2. The Morgan fingerprint density at radius 3 is 2.12 bits per heavy atom. The summed E-state index contributed by atoms with van der Waals surface area (Å²) in [4.78, 5) is 16.7. The van der Waals surface area contributed by atoms with Gasteiger partial charge < -0.3 is 11.5 Å². The molecule has 0 aromatic carbocycles. The first kappa shape index (κ1) is 17.0. The van der Waals surface area contributed by atoms with E-state index in [0.717, 1.165) is 35.4 Å². The number of aromatic nitrogens is 6. The number of aryl methyl sites for hydroxylation is 2. The van der Waals surface area contributed by atoms with Crippen molar-refractivity contribution in [2.75, 3.05) is 11.5 Å². The molecule has 0 spiro atoms. The van der Waals surface area contributed by atoms with Crippen LogP contribution in [0.15, 0.2) is 30.5 Å². The smallest absolute Gasteiger partial charge is 0.202 e. The van der Waals surface area contributed by atoms with E-state index >= 15 is 0 Å². The van der Waals surface area contributed by atoms with E-state index in [2.05, 4.69) is 19.9 Å². The van der Waals surface area contributed by atoms with Crippen LogP contribution in [-0.4, -0.2) is 29.1 Å². The zero-order chi connectivity index (χ0) is 18.0. The predicted octanol–water partition coefficient (Wildman–Crippen LogP) is 2.72. The molecule has 0 aliphatic heterocycles. The highest BCUT2D eigenvalue weighted by Gasteiger charge is 2.07. The lowest BCUT2D eigenvalue weighted by Crippen LogP contribution is -2.01. The molecule has 0 radical (unpaired) electrons. The molecular formula is C16H19ClN8. The molecule has 0 saturated carbocycles. The minimum Gasteiger partial charge on any atom is -0.369 e. The quantitative estimate of drug-likeness (QED) is 0.532. The fourth-order valence-electron chi connectivity index (χ4n) is 2.60. The molecule has 0 fully saturated rings. The van der Waals surface area contributed by atoms with Gasteiger partial charge in [-0.2, -0.15) is 0 Å². The van der Waals surface area contributed by atoms with Crippen LogP contribution in [0.25, 0.3) is 22.3 Å². The zero-order valence-corrected chi connectivity index (χ0v) is 14.8. The van der Waals surface area contributed by atoms with Gasteiger partial charge in [-0.3, -0.25) is 9.13 Å².